The third-order valence-electron chi connectivity index (χ3n) is 4.58. The summed E-state index contributed by atoms with van der Waals surface area (Å²) in [5.41, 5.74) is 2.32. The maximum absolute atomic E-state index is 6.14. The number of rotatable bonds is 10. The summed E-state index contributed by atoms with van der Waals surface area (Å²) in [7, 11) is 2.08. The number of benzene rings is 1. The smallest absolute Gasteiger partial charge is 0.255 e. The standard InChI is InChI=1S/C19H30ClN2O/c1-4-5-6-7-8-9-10-13-23-15-22-16(2)21(3)18-12-11-17(20)14-19(18)22/h11-12,14H,4-10,13,15H2,1-3H3/q+1. The summed E-state index contributed by atoms with van der Waals surface area (Å²) in [5.74, 6) is 1.18. The Labute approximate surface area is 145 Å². The quantitative estimate of drug-likeness (QED) is 0.433. The van der Waals surface area contributed by atoms with Crippen LogP contribution >= 0.6 is 11.6 Å². The van der Waals surface area contributed by atoms with Gasteiger partial charge in [-0.05, 0) is 18.6 Å². The molecule has 1 aromatic heterocycles. The molecule has 0 bridgehead atoms. The van der Waals surface area contributed by atoms with Gasteiger partial charge in [0.05, 0.1) is 13.7 Å². The fourth-order valence-corrected chi connectivity index (χ4v) is 3.17. The van der Waals surface area contributed by atoms with Gasteiger partial charge < -0.3 is 4.74 Å². The molecule has 0 spiro atoms. The Kier molecular flexibility index (Phi) is 7.38. The summed E-state index contributed by atoms with van der Waals surface area (Å²) in [6.45, 7) is 5.80. The van der Waals surface area contributed by atoms with Crippen LogP contribution in [0.4, 0.5) is 0 Å². The van der Waals surface area contributed by atoms with Crippen molar-refractivity contribution in [1.29, 1.82) is 0 Å². The largest absolute Gasteiger partial charge is 0.342 e. The van der Waals surface area contributed by atoms with Crippen LogP contribution in [0.25, 0.3) is 11.0 Å². The maximum atomic E-state index is 6.14. The van der Waals surface area contributed by atoms with Crippen LogP contribution in [0.3, 0.4) is 0 Å². The monoisotopic (exact) mass is 337 g/mol. The minimum Gasteiger partial charge on any atom is -0.342 e. The van der Waals surface area contributed by atoms with Crippen LogP contribution < -0.4 is 4.57 Å². The molecular weight excluding hydrogens is 308 g/mol. The van der Waals surface area contributed by atoms with Crippen molar-refractivity contribution in [3.63, 3.8) is 0 Å². The van der Waals surface area contributed by atoms with Gasteiger partial charge in [-0.25, -0.2) is 9.13 Å². The molecule has 4 heteroatoms. The second-order valence-corrected chi connectivity index (χ2v) is 6.76. The van der Waals surface area contributed by atoms with E-state index in [4.69, 9.17) is 16.3 Å². The fraction of sp³-hybridized carbons (Fsp3) is 0.632. The molecule has 0 radical (unpaired) electrons. The van der Waals surface area contributed by atoms with E-state index in [9.17, 15) is 0 Å². The van der Waals surface area contributed by atoms with E-state index in [0.717, 1.165) is 23.6 Å². The fourth-order valence-electron chi connectivity index (χ4n) is 3.01. The van der Waals surface area contributed by atoms with Crippen molar-refractivity contribution in [3.8, 4) is 0 Å². The van der Waals surface area contributed by atoms with Crippen molar-refractivity contribution in [1.82, 2.24) is 4.57 Å². The number of nitrogens with zero attached hydrogens (tertiary/aromatic N) is 2. The highest BCUT2D eigenvalue weighted by Gasteiger charge is 2.19. The van der Waals surface area contributed by atoms with Crippen molar-refractivity contribution in [2.24, 2.45) is 7.05 Å². The van der Waals surface area contributed by atoms with E-state index in [-0.39, 0.29) is 0 Å². The first kappa shape index (κ1) is 18.3. The van der Waals surface area contributed by atoms with Crippen LogP contribution in [0.2, 0.25) is 5.02 Å². The second-order valence-electron chi connectivity index (χ2n) is 6.33. The van der Waals surface area contributed by atoms with Crippen LogP contribution in [0.1, 0.15) is 57.7 Å². The number of hydrogen-bond acceptors (Lipinski definition) is 1. The van der Waals surface area contributed by atoms with Crippen LogP contribution in [0.15, 0.2) is 18.2 Å². The van der Waals surface area contributed by atoms with Crippen molar-refractivity contribution in [3.05, 3.63) is 29.0 Å². The normalized spacial score (nSPS) is 11.5. The number of fused-ring (bicyclic) bond motifs is 1. The van der Waals surface area contributed by atoms with E-state index in [0.29, 0.717) is 6.73 Å². The van der Waals surface area contributed by atoms with Crippen molar-refractivity contribution >= 4 is 22.6 Å². The van der Waals surface area contributed by atoms with E-state index >= 15 is 0 Å². The van der Waals surface area contributed by atoms with Gasteiger partial charge in [-0.3, -0.25) is 0 Å². The molecule has 0 atom stereocenters. The Balaban J connectivity index is 1.79. The van der Waals surface area contributed by atoms with E-state index in [1.807, 2.05) is 12.1 Å². The third-order valence-corrected chi connectivity index (χ3v) is 4.81. The van der Waals surface area contributed by atoms with Crippen LogP contribution in [-0.2, 0) is 18.5 Å². The van der Waals surface area contributed by atoms with Crippen LogP contribution in [0.5, 0.6) is 0 Å². The first-order chi connectivity index (χ1) is 11.1. The summed E-state index contributed by atoms with van der Waals surface area (Å²) >= 11 is 6.14. The Bertz CT molecular complexity index is 621. The third kappa shape index (κ3) is 4.95. The number of unbranched alkanes of at least 4 members (excludes halogenated alkanes) is 6. The first-order valence-electron chi connectivity index (χ1n) is 8.87. The zero-order valence-corrected chi connectivity index (χ0v) is 15.5. The summed E-state index contributed by atoms with van der Waals surface area (Å²) in [6, 6.07) is 6.02. The lowest BCUT2D eigenvalue weighted by atomic mass is 10.1. The summed E-state index contributed by atoms with van der Waals surface area (Å²) in [5, 5.41) is 0.768. The molecule has 1 aromatic carbocycles. The zero-order chi connectivity index (χ0) is 16.7. The minimum absolute atomic E-state index is 0.597. The molecule has 1 heterocycles. The number of halogens is 1. The van der Waals surface area contributed by atoms with E-state index in [2.05, 4.69) is 36.1 Å². The van der Waals surface area contributed by atoms with Gasteiger partial charge in [-0.15, -0.1) is 0 Å². The van der Waals surface area contributed by atoms with Crippen LogP contribution in [-0.4, -0.2) is 11.2 Å². The van der Waals surface area contributed by atoms with Crippen molar-refractivity contribution < 1.29 is 9.30 Å². The van der Waals surface area contributed by atoms with E-state index in [1.165, 1.54) is 49.9 Å². The molecule has 128 valence electrons. The molecule has 0 aliphatic rings. The van der Waals surface area contributed by atoms with E-state index in [1.54, 1.807) is 0 Å². The Morgan fingerprint density at radius 1 is 1.09 bits per heavy atom. The number of aryl methyl sites for hydroxylation is 1. The molecule has 2 aromatic rings. The molecule has 0 saturated carbocycles. The molecule has 2 rings (SSSR count). The molecule has 23 heavy (non-hydrogen) atoms. The highest BCUT2D eigenvalue weighted by Crippen LogP contribution is 2.19. The van der Waals surface area contributed by atoms with Crippen molar-refractivity contribution in [2.45, 2.75) is 65.5 Å². The zero-order valence-electron chi connectivity index (χ0n) is 14.8. The molecule has 3 nitrogen and oxygen atoms in total. The lowest BCUT2D eigenvalue weighted by molar-refractivity contribution is -0.652. The topological polar surface area (TPSA) is 18.0 Å². The summed E-state index contributed by atoms with van der Waals surface area (Å²) < 4.78 is 10.3. The average molecular weight is 338 g/mol. The number of aromatic nitrogens is 2. The highest BCUT2D eigenvalue weighted by molar-refractivity contribution is 6.31. The van der Waals surface area contributed by atoms with Gasteiger partial charge >= 0.3 is 0 Å². The van der Waals surface area contributed by atoms with Gasteiger partial charge in [0.1, 0.15) is 0 Å². The Hall–Kier alpha value is -1.06. The predicted molar refractivity (Wildman–Crippen MR) is 96.8 cm³/mol. The molecule has 0 fully saturated rings. The van der Waals surface area contributed by atoms with Gasteiger partial charge in [0.2, 0.25) is 0 Å². The van der Waals surface area contributed by atoms with E-state index < -0.39 is 0 Å². The summed E-state index contributed by atoms with van der Waals surface area (Å²) in [4.78, 5) is 0. The summed E-state index contributed by atoms with van der Waals surface area (Å²) in [6.07, 6.45) is 9.18. The molecule has 0 saturated heterocycles. The number of hydrogen-bond donors (Lipinski definition) is 0. The molecule has 0 aliphatic carbocycles. The number of ether oxygens (including phenoxy) is 1. The SMILES string of the molecule is CCCCCCCCCOCn1c(C)[n+](C)c2ccc(Cl)cc21. The van der Waals surface area contributed by atoms with Gasteiger partial charge in [-0.1, -0.05) is 57.0 Å². The predicted octanol–water partition coefficient (Wildman–Crippen LogP) is 5.15. The average Bonchev–Trinajstić information content (AvgIpc) is 2.77. The Morgan fingerprint density at radius 3 is 2.52 bits per heavy atom. The van der Waals surface area contributed by atoms with Crippen molar-refractivity contribution in [2.75, 3.05) is 6.61 Å². The van der Waals surface area contributed by atoms with Gasteiger partial charge in [-0.2, -0.15) is 0 Å². The second kappa shape index (κ2) is 9.29. The van der Waals surface area contributed by atoms with Crippen LogP contribution in [0, 0.1) is 6.92 Å². The lowest BCUT2D eigenvalue weighted by Gasteiger charge is -2.04. The van der Waals surface area contributed by atoms with Gasteiger partial charge in [0, 0.05) is 18.0 Å². The molecule has 0 amide bonds. The van der Waals surface area contributed by atoms with Gasteiger partial charge in [0.15, 0.2) is 17.8 Å². The molecule has 0 N–H and O–H groups in total. The molecular formula is C19H30ClN2O+. The lowest BCUT2D eigenvalue weighted by Crippen LogP contribution is -2.31. The number of imidazole rings is 1. The molecule has 0 unspecified atom stereocenters. The molecule has 0 aliphatic heterocycles. The Morgan fingerprint density at radius 2 is 1.78 bits per heavy atom. The highest BCUT2D eigenvalue weighted by atomic mass is 35.5. The first-order valence-corrected chi connectivity index (χ1v) is 9.25. The maximum Gasteiger partial charge on any atom is 0.255 e. The van der Waals surface area contributed by atoms with Gasteiger partial charge in [0.25, 0.3) is 5.82 Å². The minimum atomic E-state index is 0.597.